The molecule has 1 unspecified atom stereocenters. The van der Waals surface area contributed by atoms with Crippen molar-refractivity contribution in [2.75, 3.05) is 11.9 Å². The molecule has 0 heterocycles. The molecule has 1 aliphatic rings. The Bertz CT molecular complexity index is 639. The minimum absolute atomic E-state index is 0.125. The molecular weight excluding hydrogens is 290 g/mol. The minimum atomic E-state index is -3.62. The lowest BCUT2D eigenvalue weighted by Crippen LogP contribution is -2.38. The summed E-state index contributed by atoms with van der Waals surface area (Å²) in [5, 5.41) is 2.62. The van der Waals surface area contributed by atoms with Crippen LogP contribution in [0.1, 0.15) is 25.3 Å². The van der Waals surface area contributed by atoms with Crippen LogP contribution >= 0.6 is 0 Å². The van der Waals surface area contributed by atoms with Crippen molar-refractivity contribution in [3.63, 3.8) is 0 Å². The molecule has 1 amide bonds. The summed E-state index contributed by atoms with van der Waals surface area (Å²) in [6, 6.07) is 4.51. The average Bonchev–Trinajstić information content (AvgIpc) is 3.22. The molecule has 1 aromatic rings. The van der Waals surface area contributed by atoms with Gasteiger partial charge in [-0.2, -0.15) is 0 Å². The Kier molecular flexibility index (Phi) is 4.65. The molecule has 116 valence electrons. The predicted molar refractivity (Wildman–Crippen MR) is 81.4 cm³/mol. The fourth-order valence-electron chi connectivity index (χ4n) is 2.07. The Morgan fingerprint density at radius 1 is 1.43 bits per heavy atom. The number of nitrogens with one attached hydrogen (secondary N) is 2. The van der Waals surface area contributed by atoms with Gasteiger partial charge >= 0.3 is 0 Å². The molecule has 21 heavy (non-hydrogen) atoms. The quantitative estimate of drug-likeness (QED) is 0.728. The van der Waals surface area contributed by atoms with E-state index < -0.39 is 10.0 Å². The Morgan fingerprint density at radius 2 is 2.10 bits per heavy atom. The van der Waals surface area contributed by atoms with Crippen molar-refractivity contribution < 1.29 is 13.2 Å². The van der Waals surface area contributed by atoms with Gasteiger partial charge in [-0.15, -0.1) is 0 Å². The summed E-state index contributed by atoms with van der Waals surface area (Å²) in [6.45, 7) is 3.42. The molecule has 6 nitrogen and oxygen atoms in total. The van der Waals surface area contributed by atoms with Crippen molar-refractivity contribution in [2.24, 2.45) is 11.7 Å². The number of nitrogens with two attached hydrogens (primary N) is 1. The van der Waals surface area contributed by atoms with Crippen LogP contribution in [0, 0.1) is 12.8 Å². The van der Waals surface area contributed by atoms with Gasteiger partial charge in [0.2, 0.25) is 15.9 Å². The van der Waals surface area contributed by atoms with E-state index in [1.165, 1.54) is 19.1 Å². The van der Waals surface area contributed by atoms with E-state index in [1.807, 2.05) is 0 Å². The Morgan fingerprint density at radius 3 is 2.67 bits per heavy atom. The minimum Gasteiger partial charge on any atom is -0.326 e. The molecule has 1 saturated carbocycles. The Labute approximate surface area is 125 Å². The van der Waals surface area contributed by atoms with Crippen LogP contribution in [0.5, 0.6) is 0 Å². The summed E-state index contributed by atoms with van der Waals surface area (Å²) in [7, 11) is -3.62. The number of carbonyl (C=O) groups excluding carboxylic acids is 1. The molecule has 2 rings (SSSR count). The third-order valence-corrected chi connectivity index (χ3v) is 4.99. The van der Waals surface area contributed by atoms with Crippen LogP contribution in [0.4, 0.5) is 5.69 Å². The summed E-state index contributed by atoms with van der Waals surface area (Å²) in [5.74, 6) is 0.192. The fraction of sp³-hybridized carbons (Fsp3) is 0.500. The zero-order valence-electron chi connectivity index (χ0n) is 12.2. The first kappa shape index (κ1) is 15.9. The molecule has 7 heteroatoms. The number of anilines is 1. The Balaban J connectivity index is 2.13. The first-order valence-corrected chi connectivity index (χ1v) is 8.41. The molecule has 0 aromatic heterocycles. The van der Waals surface area contributed by atoms with Crippen molar-refractivity contribution in [2.45, 2.75) is 37.6 Å². The molecule has 0 aliphatic heterocycles. The first-order chi connectivity index (χ1) is 9.79. The van der Waals surface area contributed by atoms with Crippen LogP contribution in [0.15, 0.2) is 23.1 Å². The van der Waals surface area contributed by atoms with Gasteiger partial charge in [-0.25, -0.2) is 13.1 Å². The van der Waals surface area contributed by atoms with E-state index in [0.29, 0.717) is 11.6 Å². The van der Waals surface area contributed by atoms with Crippen molar-refractivity contribution in [1.29, 1.82) is 0 Å². The third-order valence-electron chi connectivity index (χ3n) is 3.57. The van der Waals surface area contributed by atoms with Crippen LogP contribution in [0.25, 0.3) is 0 Å². The van der Waals surface area contributed by atoms with Gasteiger partial charge in [-0.3, -0.25) is 4.79 Å². The standard InChI is InChI=1S/C14H21N3O3S/c1-9-3-6-12(7-14(9)17-10(2)18)21(19,20)16-8-13(15)11-4-5-11/h3,6-7,11,13,16H,4-5,8,15H2,1-2H3,(H,17,18). The monoisotopic (exact) mass is 311 g/mol. The molecule has 0 spiro atoms. The van der Waals surface area contributed by atoms with Gasteiger partial charge < -0.3 is 11.1 Å². The number of aryl methyl sites for hydroxylation is 1. The smallest absolute Gasteiger partial charge is 0.240 e. The number of sulfonamides is 1. The average molecular weight is 311 g/mol. The molecule has 1 atom stereocenters. The zero-order chi connectivity index (χ0) is 15.6. The van der Waals surface area contributed by atoms with Gasteiger partial charge in [0.05, 0.1) is 4.90 Å². The van der Waals surface area contributed by atoms with Gasteiger partial charge in [0.1, 0.15) is 0 Å². The summed E-state index contributed by atoms with van der Waals surface area (Å²) in [4.78, 5) is 11.3. The van der Waals surface area contributed by atoms with Crippen LogP contribution in [0.2, 0.25) is 0 Å². The van der Waals surface area contributed by atoms with E-state index in [-0.39, 0.29) is 23.4 Å². The lowest BCUT2D eigenvalue weighted by Gasteiger charge is -2.13. The van der Waals surface area contributed by atoms with E-state index in [9.17, 15) is 13.2 Å². The lowest BCUT2D eigenvalue weighted by atomic mass is 10.2. The summed E-state index contributed by atoms with van der Waals surface area (Å²) in [5.41, 5.74) is 7.20. The van der Waals surface area contributed by atoms with Crippen molar-refractivity contribution in [3.8, 4) is 0 Å². The van der Waals surface area contributed by atoms with Gasteiger partial charge in [-0.1, -0.05) is 6.07 Å². The van der Waals surface area contributed by atoms with Crippen molar-refractivity contribution in [1.82, 2.24) is 4.72 Å². The van der Waals surface area contributed by atoms with Crippen LogP contribution < -0.4 is 15.8 Å². The van der Waals surface area contributed by atoms with E-state index in [4.69, 9.17) is 5.73 Å². The maximum atomic E-state index is 12.2. The highest BCUT2D eigenvalue weighted by molar-refractivity contribution is 7.89. The summed E-state index contributed by atoms with van der Waals surface area (Å²) >= 11 is 0. The van der Waals surface area contributed by atoms with Crippen molar-refractivity contribution >= 4 is 21.6 Å². The van der Waals surface area contributed by atoms with Gasteiger partial charge in [-0.05, 0) is 43.4 Å². The SMILES string of the molecule is CC(=O)Nc1cc(S(=O)(=O)NCC(N)C2CC2)ccc1C. The second kappa shape index (κ2) is 6.13. The molecule has 0 bridgehead atoms. The highest BCUT2D eigenvalue weighted by atomic mass is 32.2. The van der Waals surface area contributed by atoms with Crippen LogP contribution in [-0.4, -0.2) is 26.9 Å². The maximum Gasteiger partial charge on any atom is 0.240 e. The summed E-state index contributed by atoms with van der Waals surface area (Å²) < 4.78 is 27.0. The highest BCUT2D eigenvalue weighted by Gasteiger charge is 2.29. The van der Waals surface area contributed by atoms with Crippen LogP contribution in [-0.2, 0) is 14.8 Å². The van der Waals surface area contributed by atoms with Gasteiger partial charge in [0.25, 0.3) is 0 Å². The summed E-state index contributed by atoms with van der Waals surface area (Å²) in [6.07, 6.45) is 2.14. The zero-order valence-corrected chi connectivity index (χ0v) is 13.0. The number of hydrogen-bond acceptors (Lipinski definition) is 4. The van der Waals surface area contributed by atoms with Gasteiger partial charge in [0, 0.05) is 25.2 Å². The normalized spacial score (nSPS) is 16.5. The van der Waals surface area contributed by atoms with E-state index in [0.717, 1.165) is 18.4 Å². The second-order valence-corrected chi connectivity index (χ2v) is 7.28. The van der Waals surface area contributed by atoms with E-state index in [2.05, 4.69) is 10.0 Å². The number of carbonyl (C=O) groups is 1. The molecule has 1 aliphatic carbocycles. The van der Waals surface area contributed by atoms with E-state index in [1.54, 1.807) is 13.0 Å². The second-order valence-electron chi connectivity index (χ2n) is 5.51. The van der Waals surface area contributed by atoms with Gasteiger partial charge in [0.15, 0.2) is 0 Å². The number of hydrogen-bond donors (Lipinski definition) is 3. The lowest BCUT2D eigenvalue weighted by molar-refractivity contribution is -0.114. The molecule has 1 fully saturated rings. The number of amides is 1. The van der Waals surface area contributed by atoms with Crippen molar-refractivity contribution in [3.05, 3.63) is 23.8 Å². The molecule has 0 saturated heterocycles. The molecular formula is C14H21N3O3S. The topological polar surface area (TPSA) is 101 Å². The number of benzene rings is 1. The predicted octanol–water partition coefficient (Wildman–Crippen LogP) is 0.969. The largest absolute Gasteiger partial charge is 0.326 e. The fourth-order valence-corrected chi connectivity index (χ4v) is 3.17. The molecule has 0 radical (unpaired) electrons. The van der Waals surface area contributed by atoms with E-state index >= 15 is 0 Å². The Hall–Kier alpha value is -1.44. The third kappa shape index (κ3) is 4.26. The first-order valence-electron chi connectivity index (χ1n) is 6.93. The highest BCUT2D eigenvalue weighted by Crippen LogP contribution is 2.31. The van der Waals surface area contributed by atoms with Crippen LogP contribution in [0.3, 0.4) is 0 Å². The molecule has 1 aromatic carbocycles. The maximum absolute atomic E-state index is 12.2. The number of rotatable bonds is 6. The molecule has 4 N–H and O–H groups in total.